The lowest BCUT2D eigenvalue weighted by molar-refractivity contribution is -0.144. The van der Waals surface area contributed by atoms with Gasteiger partial charge in [0.15, 0.2) is 6.61 Å². The molecular weight excluding hydrogens is 320 g/mol. The van der Waals surface area contributed by atoms with Crippen molar-refractivity contribution in [2.45, 2.75) is 31.1 Å². The molecular formula is C15H20N2O5S. The molecule has 1 aromatic rings. The number of rotatable bonds is 5. The molecule has 126 valence electrons. The molecule has 1 saturated heterocycles. The van der Waals surface area contributed by atoms with E-state index in [-0.39, 0.29) is 4.90 Å². The Kier molecular flexibility index (Phi) is 5.73. The van der Waals surface area contributed by atoms with Crippen molar-refractivity contribution in [2.75, 3.05) is 25.0 Å². The van der Waals surface area contributed by atoms with Crippen LogP contribution in [0.1, 0.15) is 26.2 Å². The molecule has 1 heterocycles. The van der Waals surface area contributed by atoms with Gasteiger partial charge in [-0.25, -0.2) is 8.42 Å². The molecule has 1 aliphatic heterocycles. The van der Waals surface area contributed by atoms with Crippen molar-refractivity contribution >= 4 is 27.6 Å². The summed E-state index contributed by atoms with van der Waals surface area (Å²) in [6.07, 6.45) is 2.76. The Morgan fingerprint density at radius 3 is 2.57 bits per heavy atom. The first-order chi connectivity index (χ1) is 10.9. The Bertz CT molecular complexity index is 681. The van der Waals surface area contributed by atoms with Crippen molar-refractivity contribution in [3.63, 3.8) is 0 Å². The zero-order valence-electron chi connectivity index (χ0n) is 12.9. The van der Waals surface area contributed by atoms with Crippen molar-refractivity contribution in [2.24, 2.45) is 0 Å². The first kappa shape index (κ1) is 17.4. The lowest BCUT2D eigenvalue weighted by Gasteiger charge is -2.26. The van der Waals surface area contributed by atoms with Crippen LogP contribution in [0.3, 0.4) is 0 Å². The molecule has 1 aliphatic rings. The number of hydrogen-bond acceptors (Lipinski definition) is 5. The van der Waals surface area contributed by atoms with Gasteiger partial charge >= 0.3 is 5.97 Å². The minimum atomic E-state index is -3.55. The Morgan fingerprint density at radius 1 is 1.22 bits per heavy atom. The molecule has 1 N–H and O–H groups in total. The van der Waals surface area contributed by atoms with Gasteiger partial charge in [0, 0.05) is 25.7 Å². The van der Waals surface area contributed by atoms with Crippen LogP contribution in [0.2, 0.25) is 0 Å². The summed E-state index contributed by atoms with van der Waals surface area (Å²) in [4.78, 5) is 22.4. The molecule has 23 heavy (non-hydrogen) atoms. The third-order valence-corrected chi connectivity index (χ3v) is 5.37. The number of hydrogen-bond donors (Lipinski definition) is 1. The van der Waals surface area contributed by atoms with Crippen LogP contribution in [0.4, 0.5) is 5.69 Å². The van der Waals surface area contributed by atoms with E-state index in [1.54, 1.807) is 12.1 Å². The first-order valence-electron chi connectivity index (χ1n) is 7.43. The quantitative estimate of drug-likeness (QED) is 0.817. The number of ether oxygens (including phenoxy) is 1. The number of carbonyl (C=O) groups excluding carboxylic acids is 2. The molecule has 0 aromatic heterocycles. The third kappa shape index (κ3) is 4.77. The maximum Gasteiger partial charge on any atom is 0.303 e. The fraction of sp³-hybridized carbons (Fsp3) is 0.467. The maximum absolute atomic E-state index is 12.6. The molecule has 1 aromatic carbocycles. The molecule has 0 radical (unpaired) electrons. The van der Waals surface area contributed by atoms with Gasteiger partial charge in [-0.2, -0.15) is 4.31 Å². The van der Waals surface area contributed by atoms with Crippen molar-refractivity contribution in [3.8, 4) is 0 Å². The third-order valence-electron chi connectivity index (χ3n) is 3.48. The Balaban J connectivity index is 2.09. The lowest BCUT2D eigenvalue weighted by atomic mass is 10.2. The van der Waals surface area contributed by atoms with E-state index in [4.69, 9.17) is 0 Å². The SMILES string of the molecule is CC(=O)OCC(=O)Nc1cccc(S(=O)(=O)N2CCCCC2)c1. The van der Waals surface area contributed by atoms with E-state index in [1.165, 1.54) is 23.4 Å². The van der Waals surface area contributed by atoms with Crippen LogP contribution >= 0.6 is 0 Å². The Labute approximate surface area is 135 Å². The lowest BCUT2D eigenvalue weighted by Crippen LogP contribution is -2.35. The fourth-order valence-electron chi connectivity index (χ4n) is 2.35. The van der Waals surface area contributed by atoms with Gasteiger partial charge in [-0.1, -0.05) is 12.5 Å². The molecule has 2 rings (SSSR count). The van der Waals surface area contributed by atoms with Gasteiger partial charge in [0.05, 0.1) is 4.90 Å². The van der Waals surface area contributed by atoms with E-state index < -0.39 is 28.5 Å². The molecule has 1 fully saturated rings. The smallest absolute Gasteiger partial charge is 0.303 e. The zero-order chi connectivity index (χ0) is 16.9. The molecule has 8 heteroatoms. The van der Waals surface area contributed by atoms with Crippen LogP contribution < -0.4 is 5.32 Å². The monoisotopic (exact) mass is 340 g/mol. The highest BCUT2D eigenvalue weighted by atomic mass is 32.2. The van der Waals surface area contributed by atoms with Crippen molar-refractivity contribution in [1.29, 1.82) is 0 Å². The Morgan fingerprint density at radius 2 is 1.91 bits per heavy atom. The van der Waals surface area contributed by atoms with E-state index in [9.17, 15) is 18.0 Å². The first-order valence-corrected chi connectivity index (χ1v) is 8.87. The average molecular weight is 340 g/mol. The molecule has 0 unspecified atom stereocenters. The van der Waals surface area contributed by atoms with E-state index in [1.807, 2.05) is 0 Å². The molecule has 7 nitrogen and oxygen atoms in total. The predicted octanol–water partition coefficient (Wildman–Crippen LogP) is 1.36. The molecule has 0 bridgehead atoms. The highest BCUT2D eigenvalue weighted by Gasteiger charge is 2.26. The summed E-state index contributed by atoms with van der Waals surface area (Å²) in [5.41, 5.74) is 0.347. The predicted molar refractivity (Wildman–Crippen MR) is 84.3 cm³/mol. The largest absolute Gasteiger partial charge is 0.456 e. The number of nitrogens with one attached hydrogen (secondary N) is 1. The summed E-state index contributed by atoms with van der Waals surface area (Å²) in [5, 5.41) is 2.51. The van der Waals surface area contributed by atoms with Crippen LogP contribution in [0, 0.1) is 0 Å². The van der Waals surface area contributed by atoms with E-state index in [0.717, 1.165) is 19.3 Å². The number of esters is 1. The van der Waals surface area contributed by atoms with Crippen LogP contribution in [0.5, 0.6) is 0 Å². The summed E-state index contributed by atoms with van der Waals surface area (Å²) >= 11 is 0. The highest BCUT2D eigenvalue weighted by molar-refractivity contribution is 7.89. The molecule has 0 aliphatic carbocycles. The molecule has 1 amide bonds. The number of carbonyl (C=O) groups is 2. The standard InChI is InChI=1S/C15H20N2O5S/c1-12(18)22-11-15(19)16-13-6-5-7-14(10-13)23(20,21)17-8-3-2-4-9-17/h5-7,10H,2-4,8-9,11H2,1H3,(H,16,19). The molecule has 0 atom stereocenters. The average Bonchev–Trinajstić information content (AvgIpc) is 2.54. The van der Waals surface area contributed by atoms with Crippen LogP contribution in [-0.2, 0) is 24.3 Å². The topological polar surface area (TPSA) is 92.8 Å². The van der Waals surface area contributed by atoms with Gasteiger partial charge in [0.1, 0.15) is 0 Å². The van der Waals surface area contributed by atoms with Gasteiger partial charge in [-0.05, 0) is 31.0 Å². The summed E-state index contributed by atoms with van der Waals surface area (Å²) in [5.74, 6) is -1.07. The van der Waals surface area contributed by atoms with Crippen molar-refractivity contribution in [3.05, 3.63) is 24.3 Å². The second kappa shape index (κ2) is 7.56. The van der Waals surface area contributed by atoms with Gasteiger partial charge < -0.3 is 10.1 Å². The zero-order valence-corrected chi connectivity index (χ0v) is 13.8. The van der Waals surface area contributed by atoms with E-state index in [2.05, 4.69) is 10.1 Å². The minimum absolute atomic E-state index is 0.143. The van der Waals surface area contributed by atoms with Crippen LogP contribution in [0.25, 0.3) is 0 Å². The second-order valence-corrected chi connectivity index (χ2v) is 7.26. The Hall–Kier alpha value is -1.93. The summed E-state index contributed by atoms with van der Waals surface area (Å²) in [7, 11) is -3.55. The van der Waals surface area contributed by atoms with E-state index >= 15 is 0 Å². The molecule has 0 saturated carbocycles. The van der Waals surface area contributed by atoms with Gasteiger partial charge in [0.25, 0.3) is 5.91 Å². The number of benzene rings is 1. The number of anilines is 1. The fourth-order valence-corrected chi connectivity index (χ4v) is 3.92. The second-order valence-electron chi connectivity index (χ2n) is 5.32. The highest BCUT2D eigenvalue weighted by Crippen LogP contribution is 2.22. The summed E-state index contributed by atoms with van der Waals surface area (Å²) in [6, 6.07) is 6.07. The van der Waals surface area contributed by atoms with Crippen LogP contribution in [-0.4, -0.2) is 44.3 Å². The minimum Gasteiger partial charge on any atom is -0.456 e. The van der Waals surface area contributed by atoms with Gasteiger partial charge in [0.2, 0.25) is 10.0 Å². The number of piperidine rings is 1. The van der Waals surface area contributed by atoms with Crippen LogP contribution in [0.15, 0.2) is 29.2 Å². The molecule has 0 spiro atoms. The maximum atomic E-state index is 12.6. The van der Waals surface area contributed by atoms with Crippen molar-refractivity contribution < 1.29 is 22.7 Å². The normalized spacial score (nSPS) is 15.9. The van der Waals surface area contributed by atoms with Gasteiger partial charge in [-0.3, -0.25) is 9.59 Å². The van der Waals surface area contributed by atoms with Crippen molar-refractivity contribution in [1.82, 2.24) is 4.31 Å². The number of sulfonamides is 1. The van der Waals surface area contributed by atoms with E-state index in [0.29, 0.717) is 18.8 Å². The number of nitrogens with zero attached hydrogens (tertiary/aromatic N) is 1. The summed E-state index contributed by atoms with van der Waals surface area (Å²) in [6.45, 7) is 1.84. The number of amides is 1. The van der Waals surface area contributed by atoms with Gasteiger partial charge in [-0.15, -0.1) is 0 Å². The summed E-state index contributed by atoms with van der Waals surface area (Å²) < 4.78 is 31.2.